The Kier molecular flexibility index (Phi) is 2.43. The highest BCUT2D eigenvalue weighted by Gasteiger charge is 2.59. The molecule has 2 aliphatic heterocycles. The monoisotopic (exact) mass is 225 g/mol. The molecule has 16 heavy (non-hydrogen) atoms. The van der Waals surface area contributed by atoms with E-state index in [9.17, 15) is 0 Å². The van der Waals surface area contributed by atoms with Gasteiger partial charge in [0, 0.05) is 0 Å². The fourth-order valence-electron chi connectivity index (χ4n) is 1.88. The molecule has 0 aromatic carbocycles. The number of hydroxylamine groups is 1. The van der Waals surface area contributed by atoms with E-state index in [2.05, 4.69) is 5.48 Å². The molecule has 1 fully saturated rings. The lowest BCUT2D eigenvalue weighted by molar-refractivity contribution is 0.00578. The molecule has 0 aromatic rings. The lowest BCUT2D eigenvalue weighted by atomic mass is 9.66. The summed E-state index contributed by atoms with van der Waals surface area (Å²) in [6.45, 7) is 12.1. The van der Waals surface area contributed by atoms with Crippen LogP contribution in [0.5, 0.6) is 0 Å². The minimum Gasteiger partial charge on any atom is -0.413 e. The Morgan fingerprint density at radius 3 is 1.94 bits per heavy atom. The van der Waals surface area contributed by atoms with Crippen LogP contribution in [0.2, 0.25) is 0 Å². The molecular formula is C11H20BNO3. The van der Waals surface area contributed by atoms with Crippen LogP contribution in [0.25, 0.3) is 0 Å². The summed E-state index contributed by atoms with van der Waals surface area (Å²) in [5.74, 6) is 0.845. The summed E-state index contributed by atoms with van der Waals surface area (Å²) in [6.07, 6.45) is 2.00. The zero-order valence-electron chi connectivity index (χ0n) is 10.9. The second-order valence-electron chi connectivity index (χ2n) is 5.83. The summed E-state index contributed by atoms with van der Waals surface area (Å²) in [7, 11) is -0.338. The van der Waals surface area contributed by atoms with E-state index in [4.69, 9.17) is 14.1 Å². The molecule has 2 heterocycles. The fraction of sp³-hybridized carbons (Fsp3) is 0.818. The summed E-state index contributed by atoms with van der Waals surface area (Å²) in [5.41, 5.74) is 1.91. The van der Waals surface area contributed by atoms with E-state index in [0.29, 0.717) is 0 Å². The maximum Gasteiger partial charge on any atom is 0.486 e. The van der Waals surface area contributed by atoms with Crippen LogP contribution in [-0.4, -0.2) is 23.8 Å². The van der Waals surface area contributed by atoms with Crippen LogP contribution >= 0.6 is 0 Å². The SMILES string of the molecule is CC1=CC(C)(B2OC(C)(C)C(C)(C)O2)NO1. The first-order chi connectivity index (χ1) is 7.16. The average Bonchev–Trinajstić information content (AvgIpc) is 2.54. The van der Waals surface area contributed by atoms with E-state index in [1.165, 1.54) is 0 Å². The Hall–Kier alpha value is -0.515. The van der Waals surface area contributed by atoms with Gasteiger partial charge in [0.05, 0.1) is 11.2 Å². The van der Waals surface area contributed by atoms with Crippen LogP contribution < -0.4 is 5.48 Å². The van der Waals surface area contributed by atoms with Crippen molar-refractivity contribution in [2.24, 2.45) is 0 Å². The third-order valence-corrected chi connectivity index (χ3v) is 3.68. The first-order valence-corrected chi connectivity index (χ1v) is 5.65. The van der Waals surface area contributed by atoms with Crippen molar-refractivity contribution >= 4 is 7.12 Å². The zero-order valence-corrected chi connectivity index (χ0v) is 10.9. The molecule has 2 aliphatic rings. The molecular weight excluding hydrogens is 205 g/mol. The normalized spacial score (nSPS) is 36.1. The molecule has 4 nitrogen and oxygen atoms in total. The lowest BCUT2D eigenvalue weighted by Crippen LogP contribution is -2.52. The molecule has 1 atom stereocenters. The Morgan fingerprint density at radius 1 is 1.06 bits per heavy atom. The second kappa shape index (κ2) is 3.25. The molecule has 2 rings (SSSR count). The van der Waals surface area contributed by atoms with Gasteiger partial charge in [-0.3, -0.25) is 0 Å². The van der Waals surface area contributed by atoms with Crippen molar-refractivity contribution < 1.29 is 14.1 Å². The van der Waals surface area contributed by atoms with Crippen LogP contribution in [0.3, 0.4) is 0 Å². The predicted octanol–water partition coefficient (Wildman–Crippen LogP) is 1.82. The van der Waals surface area contributed by atoms with Crippen LogP contribution in [0.15, 0.2) is 11.8 Å². The molecule has 0 amide bonds. The van der Waals surface area contributed by atoms with Crippen molar-refractivity contribution in [3.63, 3.8) is 0 Å². The summed E-state index contributed by atoms with van der Waals surface area (Å²) >= 11 is 0. The third kappa shape index (κ3) is 1.67. The van der Waals surface area contributed by atoms with E-state index < -0.39 is 5.44 Å². The number of hydrogen-bond acceptors (Lipinski definition) is 4. The van der Waals surface area contributed by atoms with Gasteiger partial charge in [0.1, 0.15) is 11.2 Å². The standard InChI is InChI=1S/C11H20BNO3/c1-8-7-11(6,13-14-8)12-15-9(2,3)10(4,5)16-12/h7,13H,1-6H3. The summed E-state index contributed by atoms with van der Waals surface area (Å²) < 4.78 is 12.0. The Labute approximate surface area is 97.4 Å². The largest absolute Gasteiger partial charge is 0.486 e. The number of nitrogens with one attached hydrogen (secondary N) is 1. The molecule has 0 saturated carbocycles. The van der Waals surface area contributed by atoms with Crippen molar-refractivity contribution in [1.82, 2.24) is 5.48 Å². The van der Waals surface area contributed by atoms with Gasteiger partial charge in [-0.25, -0.2) is 0 Å². The Balaban J connectivity index is 2.21. The lowest BCUT2D eigenvalue weighted by Gasteiger charge is -2.32. The second-order valence-corrected chi connectivity index (χ2v) is 5.83. The number of allylic oxidation sites excluding steroid dienone is 1. The third-order valence-electron chi connectivity index (χ3n) is 3.68. The minimum atomic E-state index is -0.422. The Bertz CT molecular complexity index is 324. The van der Waals surface area contributed by atoms with Gasteiger partial charge in [-0.15, -0.1) is 5.48 Å². The summed E-state index contributed by atoms with van der Waals surface area (Å²) in [6, 6.07) is 0. The molecule has 0 bridgehead atoms. The first kappa shape index (κ1) is 12.0. The zero-order chi connectivity index (χ0) is 12.2. The summed E-state index contributed by atoms with van der Waals surface area (Å²) in [4.78, 5) is 5.27. The van der Waals surface area contributed by atoms with E-state index in [0.717, 1.165) is 5.76 Å². The number of rotatable bonds is 1. The quantitative estimate of drug-likeness (QED) is 0.691. The molecule has 1 saturated heterocycles. The first-order valence-electron chi connectivity index (χ1n) is 5.65. The maximum absolute atomic E-state index is 5.99. The van der Waals surface area contributed by atoms with Crippen LogP contribution in [0, 0.1) is 0 Å². The van der Waals surface area contributed by atoms with Crippen molar-refractivity contribution in [2.75, 3.05) is 0 Å². The van der Waals surface area contributed by atoms with Gasteiger partial charge < -0.3 is 14.1 Å². The summed E-state index contributed by atoms with van der Waals surface area (Å²) in [5, 5.41) is 0. The predicted molar refractivity (Wildman–Crippen MR) is 62.5 cm³/mol. The van der Waals surface area contributed by atoms with Crippen molar-refractivity contribution in [3.8, 4) is 0 Å². The molecule has 0 aliphatic carbocycles. The molecule has 0 radical (unpaired) electrons. The highest BCUT2D eigenvalue weighted by atomic mass is 16.7. The molecule has 0 spiro atoms. The van der Waals surface area contributed by atoms with E-state index >= 15 is 0 Å². The highest BCUT2D eigenvalue weighted by molar-refractivity contribution is 6.50. The minimum absolute atomic E-state index is 0.313. The van der Waals surface area contributed by atoms with Gasteiger partial charge in [-0.2, -0.15) is 0 Å². The van der Waals surface area contributed by atoms with Crippen molar-refractivity contribution in [2.45, 2.75) is 58.2 Å². The van der Waals surface area contributed by atoms with Crippen molar-refractivity contribution in [1.29, 1.82) is 0 Å². The van der Waals surface area contributed by atoms with Gasteiger partial charge in [0.2, 0.25) is 0 Å². The number of hydrogen-bond donors (Lipinski definition) is 1. The smallest absolute Gasteiger partial charge is 0.413 e. The van der Waals surface area contributed by atoms with Gasteiger partial charge >= 0.3 is 7.12 Å². The maximum atomic E-state index is 5.99. The van der Waals surface area contributed by atoms with Gasteiger partial charge in [-0.1, -0.05) is 0 Å². The van der Waals surface area contributed by atoms with Gasteiger partial charge in [0.15, 0.2) is 0 Å². The average molecular weight is 225 g/mol. The van der Waals surface area contributed by atoms with Gasteiger partial charge in [-0.05, 0) is 47.6 Å². The van der Waals surface area contributed by atoms with Crippen LogP contribution in [0.4, 0.5) is 0 Å². The van der Waals surface area contributed by atoms with E-state index in [1.54, 1.807) is 0 Å². The van der Waals surface area contributed by atoms with E-state index in [-0.39, 0.29) is 18.3 Å². The topological polar surface area (TPSA) is 39.7 Å². The molecule has 1 N–H and O–H groups in total. The Morgan fingerprint density at radius 2 is 1.56 bits per heavy atom. The van der Waals surface area contributed by atoms with Crippen molar-refractivity contribution in [3.05, 3.63) is 11.8 Å². The van der Waals surface area contributed by atoms with E-state index in [1.807, 2.05) is 47.6 Å². The molecule has 5 heteroatoms. The van der Waals surface area contributed by atoms with Gasteiger partial charge in [0.25, 0.3) is 0 Å². The fourth-order valence-corrected chi connectivity index (χ4v) is 1.88. The molecule has 1 unspecified atom stereocenters. The van der Waals surface area contributed by atoms with Crippen LogP contribution in [-0.2, 0) is 14.1 Å². The highest BCUT2D eigenvalue weighted by Crippen LogP contribution is 2.40. The molecule has 90 valence electrons. The van der Waals surface area contributed by atoms with Crippen LogP contribution in [0.1, 0.15) is 41.5 Å². The molecule has 0 aromatic heterocycles.